The summed E-state index contributed by atoms with van der Waals surface area (Å²) < 4.78 is 13.5. The molecular formula is C12H12FN3O2. The molecule has 6 heteroatoms. The van der Waals surface area contributed by atoms with E-state index in [9.17, 15) is 9.18 Å². The fourth-order valence-corrected chi connectivity index (χ4v) is 1.56. The largest absolute Gasteiger partial charge is 0.508 e. The lowest BCUT2D eigenvalue weighted by atomic mass is 10.2. The van der Waals surface area contributed by atoms with E-state index in [0.29, 0.717) is 12.2 Å². The highest BCUT2D eigenvalue weighted by Crippen LogP contribution is 2.17. The minimum Gasteiger partial charge on any atom is -0.508 e. The molecule has 2 rings (SSSR count). The third-order valence-electron chi connectivity index (χ3n) is 2.53. The summed E-state index contributed by atoms with van der Waals surface area (Å²) in [5.41, 5.74) is 0.701. The van der Waals surface area contributed by atoms with Crippen LogP contribution >= 0.6 is 0 Å². The fraction of sp³-hybridized carbons (Fsp3) is 0.167. The van der Waals surface area contributed by atoms with Gasteiger partial charge in [-0.2, -0.15) is 5.10 Å². The number of H-pyrrole nitrogens is 1. The number of carbonyl (C=O) groups is 1. The molecule has 1 aromatic heterocycles. The van der Waals surface area contributed by atoms with Crippen LogP contribution in [0.25, 0.3) is 0 Å². The Morgan fingerprint density at radius 3 is 3.00 bits per heavy atom. The van der Waals surface area contributed by atoms with Crippen molar-refractivity contribution in [1.29, 1.82) is 0 Å². The molecule has 0 aliphatic heterocycles. The lowest BCUT2D eigenvalue weighted by Crippen LogP contribution is -2.14. The fourth-order valence-electron chi connectivity index (χ4n) is 1.56. The molecule has 0 fully saturated rings. The van der Waals surface area contributed by atoms with E-state index in [1.807, 2.05) is 6.92 Å². The Morgan fingerprint density at radius 1 is 1.56 bits per heavy atom. The number of aromatic nitrogens is 2. The summed E-state index contributed by atoms with van der Waals surface area (Å²) in [6, 6.07) is 3.37. The van der Waals surface area contributed by atoms with Crippen LogP contribution < -0.4 is 5.32 Å². The maximum Gasteiger partial charge on any atom is 0.259 e. The normalized spacial score (nSPS) is 10.3. The number of halogens is 1. The zero-order valence-corrected chi connectivity index (χ0v) is 9.70. The number of rotatable bonds is 3. The number of benzene rings is 1. The summed E-state index contributed by atoms with van der Waals surface area (Å²) >= 11 is 0. The van der Waals surface area contributed by atoms with Gasteiger partial charge in [-0.1, -0.05) is 6.92 Å². The molecule has 0 spiro atoms. The molecule has 0 saturated heterocycles. The zero-order valence-electron chi connectivity index (χ0n) is 9.70. The molecule has 0 atom stereocenters. The lowest BCUT2D eigenvalue weighted by molar-refractivity contribution is 0.102. The molecule has 0 unspecified atom stereocenters. The van der Waals surface area contributed by atoms with Crippen molar-refractivity contribution < 1.29 is 14.3 Å². The van der Waals surface area contributed by atoms with Crippen molar-refractivity contribution in [2.24, 2.45) is 0 Å². The van der Waals surface area contributed by atoms with Gasteiger partial charge in [-0.05, 0) is 18.6 Å². The number of nitrogens with zero attached hydrogens (tertiary/aromatic N) is 1. The molecule has 1 amide bonds. The van der Waals surface area contributed by atoms with Crippen LogP contribution in [0, 0.1) is 5.82 Å². The number of anilines is 1. The Kier molecular flexibility index (Phi) is 3.27. The number of hydrogen-bond donors (Lipinski definition) is 3. The number of carbonyl (C=O) groups excluding carboxylic acids is 1. The summed E-state index contributed by atoms with van der Waals surface area (Å²) in [6.07, 6.45) is 2.30. The average molecular weight is 249 g/mol. The van der Waals surface area contributed by atoms with Crippen molar-refractivity contribution in [2.45, 2.75) is 13.3 Å². The van der Waals surface area contributed by atoms with Crippen LogP contribution in [0.4, 0.5) is 10.2 Å². The van der Waals surface area contributed by atoms with Crippen LogP contribution in [0.1, 0.15) is 22.8 Å². The van der Waals surface area contributed by atoms with Crippen molar-refractivity contribution in [2.75, 3.05) is 5.32 Å². The summed E-state index contributed by atoms with van der Waals surface area (Å²) in [4.78, 5) is 11.8. The molecule has 18 heavy (non-hydrogen) atoms. The second-order valence-electron chi connectivity index (χ2n) is 3.74. The summed E-state index contributed by atoms with van der Waals surface area (Å²) in [6.45, 7) is 1.92. The number of nitrogens with one attached hydrogen (secondary N) is 2. The van der Waals surface area contributed by atoms with Crippen molar-refractivity contribution in [3.05, 3.63) is 41.3 Å². The molecule has 0 aliphatic carbocycles. The maximum atomic E-state index is 13.5. The minimum atomic E-state index is -0.773. The maximum absolute atomic E-state index is 13.5. The third kappa shape index (κ3) is 2.32. The van der Waals surface area contributed by atoms with Gasteiger partial charge in [0.05, 0.1) is 11.8 Å². The van der Waals surface area contributed by atoms with Gasteiger partial charge in [0.1, 0.15) is 17.4 Å². The van der Waals surface area contributed by atoms with Gasteiger partial charge in [0.2, 0.25) is 0 Å². The Labute approximate surface area is 103 Å². The molecule has 0 bridgehead atoms. The number of aromatic amines is 1. The summed E-state index contributed by atoms with van der Waals surface area (Å²) in [5, 5.41) is 18.0. The van der Waals surface area contributed by atoms with E-state index in [1.54, 1.807) is 6.20 Å². The van der Waals surface area contributed by atoms with Gasteiger partial charge in [-0.15, -0.1) is 0 Å². The van der Waals surface area contributed by atoms with Crippen LogP contribution in [0.5, 0.6) is 5.75 Å². The molecule has 0 radical (unpaired) electrons. The average Bonchev–Trinajstić information content (AvgIpc) is 2.76. The van der Waals surface area contributed by atoms with Crippen molar-refractivity contribution in [3.63, 3.8) is 0 Å². The molecule has 3 N–H and O–H groups in total. The van der Waals surface area contributed by atoms with E-state index in [0.717, 1.165) is 11.6 Å². The number of amides is 1. The van der Waals surface area contributed by atoms with Gasteiger partial charge in [-0.25, -0.2) is 4.39 Å². The first kappa shape index (κ1) is 12.1. The predicted octanol–water partition coefficient (Wildman–Crippen LogP) is 2.07. The van der Waals surface area contributed by atoms with Gasteiger partial charge < -0.3 is 10.4 Å². The van der Waals surface area contributed by atoms with Crippen molar-refractivity contribution in [3.8, 4) is 5.75 Å². The lowest BCUT2D eigenvalue weighted by Gasteiger charge is -2.05. The molecule has 0 saturated carbocycles. The zero-order chi connectivity index (χ0) is 13.1. The predicted molar refractivity (Wildman–Crippen MR) is 64.0 cm³/mol. The van der Waals surface area contributed by atoms with Crippen LogP contribution in [0.2, 0.25) is 0 Å². The SMILES string of the molecule is CCc1cn[nH]c1NC(=O)c1ccc(O)cc1F. The monoisotopic (exact) mass is 249 g/mol. The van der Waals surface area contributed by atoms with E-state index < -0.39 is 11.7 Å². The first-order valence-electron chi connectivity index (χ1n) is 5.44. The molecule has 0 aliphatic rings. The van der Waals surface area contributed by atoms with E-state index in [1.165, 1.54) is 12.1 Å². The van der Waals surface area contributed by atoms with E-state index in [4.69, 9.17) is 5.11 Å². The standard InChI is InChI=1S/C12H12FN3O2/c1-2-7-6-14-16-11(7)15-12(18)9-4-3-8(17)5-10(9)13/h3-6,17H,2H2,1H3,(H2,14,15,16,18). The Balaban J connectivity index is 2.22. The number of aryl methyl sites for hydroxylation is 1. The smallest absolute Gasteiger partial charge is 0.259 e. The van der Waals surface area contributed by atoms with Crippen molar-refractivity contribution >= 4 is 11.7 Å². The molecule has 1 aromatic carbocycles. The Hall–Kier alpha value is -2.37. The molecule has 5 nitrogen and oxygen atoms in total. The van der Waals surface area contributed by atoms with Crippen LogP contribution in [-0.2, 0) is 6.42 Å². The number of hydrogen-bond acceptors (Lipinski definition) is 3. The molecular weight excluding hydrogens is 237 g/mol. The number of phenols is 1. The summed E-state index contributed by atoms with van der Waals surface area (Å²) in [5.74, 6) is -1.13. The first-order valence-corrected chi connectivity index (χ1v) is 5.44. The van der Waals surface area contributed by atoms with Crippen LogP contribution in [-0.4, -0.2) is 21.2 Å². The molecule has 1 heterocycles. The van der Waals surface area contributed by atoms with E-state index in [2.05, 4.69) is 15.5 Å². The van der Waals surface area contributed by atoms with Gasteiger partial charge >= 0.3 is 0 Å². The first-order chi connectivity index (χ1) is 8.61. The van der Waals surface area contributed by atoms with Gasteiger partial charge in [0.25, 0.3) is 5.91 Å². The van der Waals surface area contributed by atoms with Crippen LogP contribution in [0.15, 0.2) is 24.4 Å². The number of aromatic hydroxyl groups is 1. The molecule has 94 valence electrons. The van der Waals surface area contributed by atoms with Crippen LogP contribution in [0.3, 0.4) is 0 Å². The minimum absolute atomic E-state index is 0.135. The molecule has 2 aromatic rings. The number of phenolic OH excluding ortho intramolecular Hbond substituents is 1. The highest BCUT2D eigenvalue weighted by Gasteiger charge is 2.14. The van der Waals surface area contributed by atoms with E-state index >= 15 is 0 Å². The highest BCUT2D eigenvalue weighted by molar-refractivity contribution is 6.04. The summed E-state index contributed by atoms with van der Waals surface area (Å²) in [7, 11) is 0. The Morgan fingerprint density at radius 2 is 2.33 bits per heavy atom. The second kappa shape index (κ2) is 4.87. The van der Waals surface area contributed by atoms with Crippen molar-refractivity contribution in [1.82, 2.24) is 10.2 Å². The Bertz CT molecular complexity index is 580. The quantitative estimate of drug-likeness (QED) is 0.779. The topological polar surface area (TPSA) is 78.0 Å². The highest BCUT2D eigenvalue weighted by atomic mass is 19.1. The second-order valence-corrected chi connectivity index (χ2v) is 3.74. The van der Waals surface area contributed by atoms with Gasteiger partial charge in [-0.3, -0.25) is 9.89 Å². The van der Waals surface area contributed by atoms with Gasteiger partial charge in [0.15, 0.2) is 0 Å². The van der Waals surface area contributed by atoms with E-state index in [-0.39, 0.29) is 11.3 Å². The van der Waals surface area contributed by atoms with Gasteiger partial charge in [0, 0.05) is 11.6 Å². The third-order valence-corrected chi connectivity index (χ3v) is 2.53.